The first-order valence-corrected chi connectivity index (χ1v) is 9.50. The second kappa shape index (κ2) is 7.35. The number of piperidine rings is 1. The molecule has 0 radical (unpaired) electrons. The fraction of sp³-hybridized carbons (Fsp3) is 0.450. The topological polar surface area (TPSA) is 90.4 Å². The number of halogens is 1. The van der Waals surface area contributed by atoms with Crippen LogP contribution in [0.3, 0.4) is 0 Å². The fourth-order valence-corrected chi connectivity index (χ4v) is 4.20. The zero-order valence-electron chi connectivity index (χ0n) is 15.9. The minimum Gasteiger partial charge on any atom is -0.507 e. The number of phenols is 1. The molecule has 8 heteroatoms. The summed E-state index contributed by atoms with van der Waals surface area (Å²) in [5.74, 6) is 0.393. The Kier molecular flexibility index (Phi) is 4.89. The van der Waals surface area contributed by atoms with Gasteiger partial charge in [-0.25, -0.2) is 4.39 Å². The molecule has 1 aromatic heterocycles. The summed E-state index contributed by atoms with van der Waals surface area (Å²) in [5, 5.41) is 24.7. The molecule has 2 bridgehead atoms. The highest BCUT2D eigenvalue weighted by Gasteiger charge is 2.43. The third-order valence-corrected chi connectivity index (χ3v) is 5.66. The third-order valence-electron chi connectivity index (χ3n) is 5.66. The maximum absolute atomic E-state index is 14.8. The van der Waals surface area contributed by atoms with Crippen molar-refractivity contribution >= 4 is 17.4 Å². The van der Waals surface area contributed by atoms with Gasteiger partial charge in [-0.2, -0.15) is 0 Å². The summed E-state index contributed by atoms with van der Waals surface area (Å²) in [4.78, 5) is 13.0. The van der Waals surface area contributed by atoms with E-state index >= 15 is 0 Å². The molecule has 0 saturated carbocycles. The van der Waals surface area contributed by atoms with Gasteiger partial charge >= 0.3 is 0 Å². The zero-order chi connectivity index (χ0) is 19.8. The van der Waals surface area contributed by atoms with Gasteiger partial charge in [0.25, 0.3) is 0 Å². The van der Waals surface area contributed by atoms with Crippen LogP contribution in [0.15, 0.2) is 30.3 Å². The summed E-state index contributed by atoms with van der Waals surface area (Å²) in [5.41, 5.74) is 1.53. The molecule has 148 valence electrons. The smallest absolute Gasteiger partial charge is 0.221 e. The van der Waals surface area contributed by atoms with Crippen molar-refractivity contribution in [2.75, 3.05) is 17.3 Å². The highest BCUT2D eigenvalue weighted by molar-refractivity contribution is 5.89. The summed E-state index contributed by atoms with van der Waals surface area (Å²) in [6.45, 7) is 1.40. The number of aromatic nitrogens is 2. The summed E-state index contributed by atoms with van der Waals surface area (Å²) in [6.07, 6.45) is 1.72. The maximum Gasteiger partial charge on any atom is 0.221 e. The van der Waals surface area contributed by atoms with E-state index in [0.29, 0.717) is 28.8 Å². The van der Waals surface area contributed by atoms with Crippen molar-refractivity contribution in [2.24, 2.45) is 0 Å². The SMILES string of the molecule is CC(=O)Nc1ccc(-c2ccc(N(C)[C@H]3CC4CCC(N4)[C@H]3F)nn2)c(O)c1. The number of aromatic hydroxyl groups is 1. The molecule has 1 aromatic carbocycles. The van der Waals surface area contributed by atoms with Gasteiger partial charge in [0.2, 0.25) is 5.91 Å². The average molecular weight is 385 g/mol. The maximum atomic E-state index is 14.8. The van der Waals surface area contributed by atoms with Gasteiger partial charge in [-0.15, -0.1) is 10.2 Å². The van der Waals surface area contributed by atoms with E-state index in [4.69, 9.17) is 0 Å². The number of fused-ring (bicyclic) bond motifs is 2. The van der Waals surface area contributed by atoms with Crippen LogP contribution in [0.4, 0.5) is 15.9 Å². The molecule has 2 aliphatic heterocycles. The van der Waals surface area contributed by atoms with Gasteiger partial charge in [0.05, 0.1) is 11.7 Å². The van der Waals surface area contributed by atoms with Crippen molar-refractivity contribution in [3.05, 3.63) is 30.3 Å². The second-order valence-electron chi connectivity index (χ2n) is 7.60. The number of carbonyl (C=O) groups excluding carboxylic acids is 1. The van der Waals surface area contributed by atoms with E-state index in [0.717, 1.165) is 19.3 Å². The molecule has 2 aliphatic rings. The quantitative estimate of drug-likeness (QED) is 0.749. The Labute approximate surface area is 163 Å². The van der Waals surface area contributed by atoms with Crippen LogP contribution < -0.4 is 15.5 Å². The van der Waals surface area contributed by atoms with Gasteiger partial charge in [0.1, 0.15) is 11.9 Å². The van der Waals surface area contributed by atoms with Crippen LogP contribution in [-0.2, 0) is 4.79 Å². The molecule has 0 spiro atoms. The molecule has 2 unspecified atom stereocenters. The predicted octanol–water partition coefficient (Wildman–Crippen LogP) is 2.47. The largest absolute Gasteiger partial charge is 0.507 e. The zero-order valence-corrected chi connectivity index (χ0v) is 15.9. The van der Waals surface area contributed by atoms with E-state index in [9.17, 15) is 14.3 Å². The molecule has 7 nitrogen and oxygen atoms in total. The Morgan fingerprint density at radius 2 is 2.11 bits per heavy atom. The monoisotopic (exact) mass is 385 g/mol. The van der Waals surface area contributed by atoms with Crippen molar-refractivity contribution in [3.63, 3.8) is 0 Å². The summed E-state index contributed by atoms with van der Waals surface area (Å²) in [6, 6.07) is 8.47. The minimum atomic E-state index is -0.935. The Hall–Kier alpha value is -2.74. The Morgan fingerprint density at radius 1 is 1.29 bits per heavy atom. The molecule has 2 saturated heterocycles. The Morgan fingerprint density at radius 3 is 2.79 bits per heavy atom. The number of anilines is 2. The van der Waals surface area contributed by atoms with E-state index in [1.54, 1.807) is 24.3 Å². The Bertz CT molecular complexity index is 875. The number of rotatable bonds is 4. The van der Waals surface area contributed by atoms with Crippen molar-refractivity contribution in [1.82, 2.24) is 15.5 Å². The van der Waals surface area contributed by atoms with Crippen molar-refractivity contribution in [3.8, 4) is 17.0 Å². The van der Waals surface area contributed by atoms with E-state index in [1.165, 1.54) is 13.0 Å². The first-order valence-electron chi connectivity index (χ1n) is 9.50. The van der Waals surface area contributed by atoms with E-state index in [2.05, 4.69) is 20.8 Å². The highest BCUT2D eigenvalue weighted by atomic mass is 19.1. The molecule has 0 aliphatic carbocycles. The van der Waals surface area contributed by atoms with E-state index in [1.807, 2.05) is 11.9 Å². The predicted molar refractivity (Wildman–Crippen MR) is 105 cm³/mol. The molecule has 4 atom stereocenters. The number of phenolic OH excluding ortho intramolecular Hbond substituents is 1. The summed E-state index contributed by atoms with van der Waals surface area (Å²) >= 11 is 0. The molecule has 3 heterocycles. The van der Waals surface area contributed by atoms with Crippen LogP contribution in [0.2, 0.25) is 0 Å². The second-order valence-corrected chi connectivity index (χ2v) is 7.60. The number of carbonyl (C=O) groups is 1. The molecule has 2 fully saturated rings. The standard InChI is InChI=1S/C20H24FN5O2/c1-11(27)22-13-3-5-14(18(28)10-13)15-7-8-19(25-24-15)26(2)17-9-12-4-6-16(23-12)20(17)21/h3,5,7-8,10,12,16-17,20,23,28H,4,6,9H2,1-2H3,(H,22,27)/t12?,16?,17-,20+/m0/s1. The summed E-state index contributed by atoms with van der Waals surface area (Å²) in [7, 11) is 1.85. The number of benzene rings is 1. The van der Waals surface area contributed by atoms with Gasteiger partial charge in [-0.1, -0.05) is 0 Å². The van der Waals surface area contributed by atoms with Crippen LogP contribution in [0, 0.1) is 0 Å². The molecule has 2 aromatic rings. The van der Waals surface area contributed by atoms with Crippen molar-refractivity contribution in [2.45, 2.75) is 50.5 Å². The Balaban J connectivity index is 1.52. The number of nitrogens with one attached hydrogen (secondary N) is 2. The fourth-order valence-electron chi connectivity index (χ4n) is 4.20. The first kappa shape index (κ1) is 18.6. The molecule has 4 rings (SSSR count). The normalized spacial score (nSPS) is 26.1. The lowest BCUT2D eigenvalue weighted by atomic mass is 9.96. The molecular formula is C20H24FN5O2. The lowest BCUT2D eigenvalue weighted by Gasteiger charge is -2.38. The van der Waals surface area contributed by atoms with Crippen LogP contribution in [0.25, 0.3) is 11.3 Å². The lowest BCUT2D eigenvalue weighted by Crippen LogP contribution is -2.55. The van der Waals surface area contributed by atoms with Crippen LogP contribution in [0.1, 0.15) is 26.2 Å². The number of hydrogen-bond donors (Lipinski definition) is 3. The molecule has 3 N–H and O–H groups in total. The van der Waals surface area contributed by atoms with Crippen LogP contribution in [-0.4, -0.2) is 52.6 Å². The van der Waals surface area contributed by atoms with Gasteiger partial charge in [-0.3, -0.25) is 4.79 Å². The highest BCUT2D eigenvalue weighted by Crippen LogP contribution is 2.34. The van der Waals surface area contributed by atoms with Crippen LogP contribution >= 0.6 is 0 Å². The van der Waals surface area contributed by atoms with Crippen molar-refractivity contribution < 1.29 is 14.3 Å². The van der Waals surface area contributed by atoms with Gasteiger partial charge in [-0.05, 0) is 43.5 Å². The van der Waals surface area contributed by atoms with Gasteiger partial charge < -0.3 is 20.6 Å². The minimum absolute atomic E-state index is 0.000377. The number of alkyl halides is 1. The molecule has 28 heavy (non-hydrogen) atoms. The van der Waals surface area contributed by atoms with Gasteiger partial charge in [0.15, 0.2) is 5.82 Å². The summed E-state index contributed by atoms with van der Waals surface area (Å²) < 4.78 is 14.8. The van der Waals surface area contributed by atoms with Gasteiger partial charge in [0, 0.05) is 43.4 Å². The van der Waals surface area contributed by atoms with Crippen LogP contribution in [0.5, 0.6) is 5.75 Å². The first-order chi connectivity index (χ1) is 13.4. The lowest BCUT2D eigenvalue weighted by molar-refractivity contribution is -0.114. The van der Waals surface area contributed by atoms with Crippen molar-refractivity contribution in [1.29, 1.82) is 0 Å². The number of amides is 1. The van der Waals surface area contributed by atoms with E-state index < -0.39 is 6.17 Å². The van der Waals surface area contributed by atoms with E-state index in [-0.39, 0.29) is 23.7 Å². The number of hydrogen-bond acceptors (Lipinski definition) is 6. The molecule has 1 amide bonds. The average Bonchev–Trinajstić information content (AvgIpc) is 3.08. The third kappa shape index (κ3) is 3.52. The number of nitrogens with zero attached hydrogens (tertiary/aromatic N) is 3. The molecular weight excluding hydrogens is 361 g/mol.